The molecule has 0 heterocycles. The standard InChI is InChI=1S/C11H26O4Si/c1-6-10-12-11(5)15-16(9-4,13-7-2)14-8-3/h11H,6-10H2,1-5H3. The lowest BCUT2D eigenvalue weighted by Crippen LogP contribution is -2.48. The molecule has 0 saturated heterocycles. The van der Waals surface area contributed by atoms with Crippen LogP contribution in [0, 0.1) is 0 Å². The number of hydrogen-bond acceptors (Lipinski definition) is 4. The first-order chi connectivity index (χ1) is 7.64. The molecule has 0 N–H and O–H groups in total. The van der Waals surface area contributed by atoms with Crippen molar-refractivity contribution >= 4 is 8.80 Å². The van der Waals surface area contributed by atoms with E-state index in [0.29, 0.717) is 19.8 Å². The van der Waals surface area contributed by atoms with E-state index in [1.807, 2.05) is 27.7 Å². The topological polar surface area (TPSA) is 36.9 Å². The first-order valence-corrected chi connectivity index (χ1v) is 8.14. The van der Waals surface area contributed by atoms with Crippen molar-refractivity contribution in [2.45, 2.75) is 53.4 Å². The van der Waals surface area contributed by atoms with Crippen LogP contribution in [0.15, 0.2) is 0 Å². The van der Waals surface area contributed by atoms with Crippen molar-refractivity contribution in [3.8, 4) is 0 Å². The minimum Gasteiger partial charge on any atom is -0.374 e. The maximum atomic E-state index is 5.84. The molecule has 0 aromatic carbocycles. The zero-order chi connectivity index (χ0) is 12.4. The highest BCUT2D eigenvalue weighted by molar-refractivity contribution is 6.60. The molecule has 0 aromatic rings. The van der Waals surface area contributed by atoms with E-state index in [4.69, 9.17) is 18.0 Å². The second-order valence-corrected chi connectivity index (χ2v) is 6.35. The Morgan fingerprint density at radius 2 is 1.56 bits per heavy atom. The van der Waals surface area contributed by atoms with E-state index >= 15 is 0 Å². The molecule has 0 saturated carbocycles. The third kappa shape index (κ3) is 5.96. The molecule has 0 radical (unpaired) electrons. The van der Waals surface area contributed by atoms with Gasteiger partial charge in [0.15, 0.2) is 0 Å². The summed E-state index contributed by atoms with van der Waals surface area (Å²) in [7, 11) is -2.51. The second kappa shape index (κ2) is 9.12. The molecule has 0 amide bonds. The normalized spacial score (nSPS) is 14.1. The third-order valence-corrected chi connectivity index (χ3v) is 5.08. The molecule has 0 aliphatic rings. The van der Waals surface area contributed by atoms with Gasteiger partial charge in [-0.05, 0) is 27.2 Å². The lowest BCUT2D eigenvalue weighted by atomic mass is 10.5. The van der Waals surface area contributed by atoms with Gasteiger partial charge in [0.05, 0.1) is 0 Å². The van der Waals surface area contributed by atoms with E-state index in [-0.39, 0.29) is 6.29 Å². The van der Waals surface area contributed by atoms with Crippen LogP contribution in [0.4, 0.5) is 0 Å². The minimum absolute atomic E-state index is 0.260. The molecule has 0 fully saturated rings. The molecule has 0 aromatic heterocycles. The first-order valence-electron chi connectivity index (χ1n) is 6.21. The Balaban J connectivity index is 4.26. The van der Waals surface area contributed by atoms with Crippen molar-refractivity contribution in [1.82, 2.24) is 0 Å². The quantitative estimate of drug-likeness (QED) is 0.441. The zero-order valence-electron chi connectivity index (χ0n) is 11.2. The number of ether oxygens (including phenoxy) is 1. The number of hydrogen-bond donors (Lipinski definition) is 0. The van der Waals surface area contributed by atoms with E-state index in [9.17, 15) is 0 Å². The molecule has 0 aliphatic heterocycles. The Hall–Kier alpha value is 0.0569. The van der Waals surface area contributed by atoms with Gasteiger partial charge in [0.25, 0.3) is 0 Å². The van der Waals surface area contributed by atoms with Crippen molar-refractivity contribution in [1.29, 1.82) is 0 Å². The highest BCUT2D eigenvalue weighted by Gasteiger charge is 2.40. The molecule has 0 spiro atoms. The van der Waals surface area contributed by atoms with Crippen molar-refractivity contribution in [3.63, 3.8) is 0 Å². The summed E-state index contributed by atoms with van der Waals surface area (Å²) in [5.41, 5.74) is 0. The Morgan fingerprint density at radius 3 is 1.94 bits per heavy atom. The minimum atomic E-state index is -2.51. The first kappa shape index (κ1) is 16.1. The molecular formula is C11H26O4Si. The molecule has 5 heteroatoms. The van der Waals surface area contributed by atoms with E-state index in [2.05, 4.69) is 6.92 Å². The fourth-order valence-electron chi connectivity index (χ4n) is 1.41. The van der Waals surface area contributed by atoms with Crippen molar-refractivity contribution in [2.24, 2.45) is 0 Å². The molecular weight excluding hydrogens is 224 g/mol. The summed E-state index contributed by atoms with van der Waals surface area (Å²) in [5.74, 6) is 0. The summed E-state index contributed by atoms with van der Waals surface area (Å²) < 4.78 is 22.7. The van der Waals surface area contributed by atoms with Gasteiger partial charge in [-0.15, -0.1) is 0 Å². The maximum absolute atomic E-state index is 5.84. The average molecular weight is 250 g/mol. The van der Waals surface area contributed by atoms with Gasteiger partial charge in [0, 0.05) is 25.9 Å². The molecule has 4 nitrogen and oxygen atoms in total. The molecule has 0 aliphatic carbocycles. The van der Waals surface area contributed by atoms with Crippen LogP contribution in [0.25, 0.3) is 0 Å². The highest BCUT2D eigenvalue weighted by Crippen LogP contribution is 2.18. The van der Waals surface area contributed by atoms with Gasteiger partial charge in [0.2, 0.25) is 0 Å². The fraction of sp³-hybridized carbons (Fsp3) is 1.00. The van der Waals surface area contributed by atoms with Gasteiger partial charge in [-0.25, -0.2) is 0 Å². The number of rotatable bonds is 10. The Morgan fingerprint density at radius 1 is 1.00 bits per heavy atom. The van der Waals surface area contributed by atoms with Gasteiger partial charge in [0.1, 0.15) is 6.29 Å². The molecule has 0 rings (SSSR count). The van der Waals surface area contributed by atoms with Gasteiger partial charge in [-0.1, -0.05) is 13.8 Å². The van der Waals surface area contributed by atoms with Crippen LogP contribution in [0.2, 0.25) is 6.04 Å². The van der Waals surface area contributed by atoms with Crippen LogP contribution in [0.3, 0.4) is 0 Å². The summed E-state index contributed by atoms with van der Waals surface area (Å²) in [6.45, 7) is 11.8. The smallest absolute Gasteiger partial charge is 0.374 e. The monoisotopic (exact) mass is 250 g/mol. The molecule has 16 heavy (non-hydrogen) atoms. The van der Waals surface area contributed by atoms with E-state index in [1.165, 1.54) is 0 Å². The SMILES string of the molecule is CCCOC(C)O[Si](CC)(OCC)OCC. The summed E-state index contributed by atoms with van der Waals surface area (Å²) in [6.07, 6.45) is 0.724. The lowest BCUT2D eigenvalue weighted by Gasteiger charge is -2.30. The average Bonchev–Trinajstić information content (AvgIpc) is 2.27. The lowest BCUT2D eigenvalue weighted by molar-refractivity contribution is -0.107. The van der Waals surface area contributed by atoms with Crippen molar-refractivity contribution in [3.05, 3.63) is 0 Å². The van der Waals surface area contributed by atoms with Crippen LogP contribution < -0.4 is 0 Å². The molecule has 0 bridgehead atoms. The highest BCUT2D eigenvalue weighted by atomic mass is 28.4. The van der Waals surface area contributed by atoms with Crippen LogP contribution >= 0.6 is 0 Å². The Labute approximate surface area is 101 Å². The Bertz CT molecular complexity index is 160. The van der Waals surface area contributed by atoms with Crippen LogP contribution in [0.1, 0.15) is 41.0 Å². The summed E-state index contributed by atoms with van der Waals surface area (Å²) in [5, 5.41) is 0. The summed E-state index contributed by atoms with van der Waals surface area (Å²) in [6, 6.07) is 0.772. The third-order valence-electron chi connectivity index (χ3n) is 2.06. The van der Waals surface area contributed by atoms with Crippen LogP contribution in [-0.2, 0) is 18.0 Å². The van der Waals surface area contributed by atoms with Crippen molar-refractivity contribution in [2.75, 3.05) is 19.8 Å². The second-order valence-electron chi connectivity index (χ2n) is 3.46. The fourth-order valence-corrected chi connectivity index (χ4v) is 3.66. The molecule has 98 valence electrons. The van der Waals surface area contributed by atoms with E-state index < -0.39 is 8.80 Å². The maximum Gasteiger partial charge on any atom is 0.502 e. The summed E-state index contributed by atoms with van der Waals surface area (Å²) in [4.78, 5) is 0. The van der Waals surface area contributed by atoms with E-state index in [1.54, 1.807) is 0 Å². The van der Waals surface area contributed by atoms with E-state index in [0.717, 1.165) is 12.5 Å². The van der Waals surface area contributed by atoms with Crippen molar-refractivity contribution < 1.29 is 18.0 Å². The Kier molecular flexibility index (Phi) is 9.16. The van der Waals surface area contributed by atoms with Gasteiger partial charge in [-0.3, -0.25) is 0 Å². The van der Waals surface area contributed by atoms with Gasteiger partial charge >= 0.3 is 8.80 Å². The molecule has 1 atom stereocenters. The molecule has 1 unspecified atom stereocenters. The zero-order valence-corrected chi connectivity index (χ0v) is 12.2. The van der Waals surface area contributed by atoms with Crippen LogP contribution in [0.5, 0.6) is 0 Å². The predicted molar refractivity (Wildman–Crippen MR) is 66.3 cm³/mol. The van der Waals surface area contributed by atoms with Gasteiger partial charge < -0.3 is 18.0 Å². The predicted octanol–water partition coefficient (Wildman–Crippen LogP) is 2.81. The summed E-state index contributed by atoms with van der Waals surface area (Å²) >= 11 is 0. The van der Waals surface area contributed by atoms with Gasteiger partial charge in [-0.2, -0.15) is 0 Å². The largest absolute Gasteiger partial charge is 0.502 e. The van der Waals surface area contributed by atoms with Crippen LogP contribution in [-0.4, -0.2) is 34.9 Å².